The van der Waals surface area contributed by atoms with Gasteiger partial charge in [0, 0.05) is 6.07 Å². The highest BCUT2D eigenvalue weighted by Gasteiger charge is 2.09. The second-order valence-corrected chi connectivity index (χ2v) is 4.46. The number of halogens is 1. The van der Waals surface area contributed by atoms with Crippen molar-refractivity contribution < 1.29 is 9.47 Å². The Morgan fingerprint density at radius 1 is 1.35 bits per heavy atom. The highest BCUT2D eigenvalue weighted by Crippen LogP contribution is 2.30. The molecule has 3 N–H and O–H groups in total. The molecule has 0 unspecified atom stereocenters. The van der Waals surface area contributed by atoms with E-state index in [1.54, 1.807) is 18.2 Å². The minimum absolute atomic E-state index is 0.214. The zero-order valence-electron chi connectivity index (χ0n) is 10.4. The van der Waals surface area contributed by atoms with Gasteiger partial charge in [0.05, 0.1) is 29.4 Å². The van der Waals surface area contributed by atoms with E-state index in [0.717, 1.165) is 0 Å². The van der Waals surface area contributed by atoms with Crippen molar-refractivity contribution in [1.82, 2.24) is 9.97 Å². The first kappa shape index (κ1) is 14.0. The maximum Gasteiger partial charge on any atom is 0.240 e. The highest BCUT2D eigenvalue weighted by molar-refractivity contribution is 9.10. The number of nitrogens with two attached hydrogens (primary N) is 1. The fourth-order valence-corrected chi connectivity index (χ4v) is 1.69. The van der Waals surface area contributed by atoms with Crippen LogP contribution in [0.1, 0.15) is 5.56 Å². The van der Waals surface area contributed by atoms with Crippen LogP contribution in [0.5, 0.6) is 17.4 Å². The third kappa shape index (κ3) is 3.14. The number of nitrogens with one attached hydrogen (secondary N) is 1. The molecule has 102 valence electrons. The van der Waals surface area contributed by atoms with Crippen molar-refractivity contribution >= 4 is 21.9 Å². The van der Waals surface area contributed by atoms with E-state index in [0.29, 0.717) is 21.5 Å². The highest BCUT2D eigenvalue weighted by atomic mass is 79.9. The topological polar surface area (TPSA) is 106 Å². The van der Waals surface area contributed by atoms with Gasteiger partial charge in [-0.1, -0.05) is 0 Å². The van der Waals surface area contributed by atoms with Crippen LogP contribution in [0.15, 0.2) is 28.9 Å². The maximum absolute atomic E-state index is 8.96. The first-order chi connectivity index (χ1) is 9.66. The van der Waals surface area contributed by atoms with Crippen molar-refractivity contribution in [2.24, 2.45) is 5.84 Å². The van der Waals surface area contributed by atoms with E-state index in [1.165, 1.54) is 13.3 Å². The monoisotopic (exact) mass is 335 g/mol. The number of ether oxygens (including phenoxy) is 2. The molecule has 1 aromatic carbocycles. The number of nitrogen functional groups attached to an aromatic ring is 1. The van der Waals surface area contributed by atoms with Crippen molar-refractivity contribution in [1.29, 1.82) is 5.26 Å². The van der Waals surface area contributed by atoms with E-state index in [4.69, 9.17) is 20.6 Å². The molecule has 0 atom stereocenters. The Kier molecular flexibility index (Phi) is 4.34. The van der Waals surface area contributed by atoms with Crippen LogP contribution >= 0.6 is 15.9 Å². The molecule has 0 bridgehead atoms. The molecule has 20 heavy (non-hydrogen) atoms. The first-order valence-electron chi connectivity index (χ1n) is 5.42. The Morgan fingerprint density at radius 3 is 2.75 bits per heavy atom. The summed E-state index contributed by atoms with van der Waals surface area (Å²) in [6.45, 7) is 0. The van der Waals surface area contributed by atoms with Gasteiger partial charge in [-0.05, 0) is 28.1 Å². The van der Waals surface area contributed by atoms with Gasteiger partial charge in [0.1, 0.15) is 11.5 Å². The summed E-state index contributed by atoms with van der Waals surface area (Å²) in [4.78, 5) is 7.97. The molecule has 1 heterocycles. The predicted molar refractivity (Wildman–Crippen MR) is 75.3 cm³/mol. The first-order valence-corrected chi connectivity index (χ1v) is 6.21. The number of benzene rings is 1. The van der Waals surface area contributed by atoms with Crippen LogP contribution in [0.25, 0.3) is 0 Å². The van der Waals surface area contributed by atoms with Crippen LogP contribution in [-0.2, 0) is 0 Å². The summed E-state index contributed by atoms with van der Waals surface area (Å²) < 4.78 is 11.3. The van der Waals surface area contributed by atoms with E-state index < -0.39 is 0 Å². The molecule has 0 spiro atoms. The molecule has 0 amide bonds. The molecular formula is C12H10BrN5O2. The quantitative estimate of drug-likeness (QED) is 0.651. The number of aromatic nitrogens is 2. The van der Waals surface area contributed by atoms with Crippen molar-refractivity contribution in [3.8, 4) is 23.4 Å². The zero-order chi connectivity index (χ0) is 14.5. The largest absolute Gasteiger partial charge is 0.497 e. The Hall–Kier alpha value is -2.37. The third-order valence-electron chi connectivity index (χ3n) is 2.30. The molecule has 0 saturated heterocycles. The van der Waals surface area contributed by atoms with Crippen molar-refractivity contribution in [3.05, 3.63) is 34.4 Å². The summed E-state index contributed by atoms with van der Waals surface area (Å²) >= 11 is 3.27. The third-order valence-corrected chi connectivity index (χ3v) is 2.84. The van der Waals surface area contributed by atoms with Gasteiger partial charge < -0.3 is 9.47 Å². The summed E-state index contributed by atoms with van der Waals surface area (Å²) in [5.41, 5.74) is 2.74. The number of nitrogens with zero attached hydrogens (tertiary/aromatic N) is 3. The molecule has 0 radical (unpaired) electrons. The van der Waals surface area contributed by atoms with E-state index in [2.05, 4.69) is 31.3 Å². The van der Waals surface area contributed by atoms with Crippen molar-refractivity contribution in [2.75, 3.05) is 12.5 Å². The number of nitriles is 1. The molecule has 0 fully saturated rings. The lowest BCUT2D eigenvalue weighted by atomic mass is 10.2. The van der Waals surface area contributed by atoms with Gasteiger partial charge in [0.15, 0.2) is 0 Å². The van der Waals surface area contributed by atoms with E-state index in [9.17, 15) is 0 Å². The smallest absolute Gasteiger partial charge is 0.240 e. The number of methoxy groups -OCH3 is 1. The SMILES string of the molecule is COc1cc(C#N)cc(Oc2nc(NN)ncc2Br)c1. The summed E-state index contributed by atoms with van der Waals surface area (Å²) in [6, 6.07) is 6.85. The van der Waals surface area contributed by atoms with Crippen LogP contribution in [0, 0.1) is 11.3 Å². The molecule has 8 heteroatoms. The van der Waals surface area contributed by atoms with Gasteiger partial charge >= 0.3 is 0 Å². The van der Waals surface area contributed by atoms with Gasteiger partial charge in [-0.3, -0.25) is 5.43 Å². The number of hydrogen-bond acceptors (Lipinski definition) is 7. The Balaban J connectivity index is 2.37. The lowest BCUT2D eigenvalue weighted by Crippen LogP contribution is -2.10. The fourth-order valence-electron chi connectivity index (χ4n) is 1.42. The number of hydrogen-bond donors (Lipinski definition) is 2. The molecule has 0 aliphatic rings. The lowest BCUT2D eigenvalue weighted by Gasteiger charge is -2.09. The standard InChI is InChI=1S/C12H10BrN5O2/c1-19-8-2-7(5-14)3-9(4-8)20-11-10(13)6-16-12(17-11)18-15/h2-4,6H,15H2,1H3,(H,16,17,18). The average molecular weight is 336 g/mol. The van der Waals surface area contributed by atoms with Crippen molar-refractivity contribution in [3.63, 3.8) is 0 Å². The second kappa shape index (κ2) is 6.18. The zero-order valence-corrected chi connectivity index (χ0v) is 12.0. The Bertz CT molecular complexity index is 671. The van der Waals surface area contributed by atoms with Gasteiger partial charge in [-0.15, -0.1) is 0 Å². The number of anilines is 1. The molecule has 0 aliphatic carbocycles. The van der Waals surface area contributed by atoms with E-state index >= 15 is 0 Å². The van der Waals surface area contributed by atoms with Crippen LogP contribution in [-0.4, -0.2) is 17.1 Å². The van der Waals surface area contributed by atoms with E-state index in [-0.39, 0.29) is 11.8 Å². The minimum Gasteiger partial charge on any atom is -0.497 e. The summed E-state index contributed by atoms with van der Waals surface area (Å²) in [5, 5.41) is 8.96. The summed E-state index contributed by atoms with van der Waals surface area (Å²) in [7, 11) is 1.51. The molecule has 2 aromatic rings. The maximum atomic E-state index is 8.96. The molecule has 2 rings (SSSR count). The predicted octanol–water partition coefficient (Wildman–Crippen LogP) is 2.20. The van der Waals surface area contributed by atoms with Crippen molar-refractivity contribution in [2.45, 2.75) is 0 Å². The Labute approximate surface area is 123 Å². The van der Waals surface area contributed by atoms with Crippen LogP contribution < -0.4 is 20.7 Å². The summed E-state index contributed by atoms with van der Waals surface area (Å²) in [5.74, 6) is 6.66. The molecule has 0 saturated carbocycles. The lowest BCUT2D eigenvalue weighted by molar-refractivity contribution is 0.406. The fraction of sp³-hybridized carbons (Fsp3) is 0.0833. The van der Waals surface area contributed by atoms with Gasteiger partial charge in [0.2, 0.25) is 11.8 Å². The normalized spacial score (nSPS) is 9.70. The molecule has 1 aromatic heterocycles. The van der Waals surface area contributed by atoms with Crippen LogP contribution in [0.2, 0.25) is 0 Å². The minimum atomic E-state index is 0.214. The molecule has 7 nitrogen and oxygen atoms in total. The number of rotatable bonds is 4. The summed E-state index contributed by atoms with van der Waals surface area (Å²) in [6.07, 6.45) is 1.50. The van der Waals surface area contributed by atoms with E-state index in [1.807, 2.05) is 6.07 Å². The molecule has 0 aliphatic heterocycles. The van der Waals surface area contributed by atoms with Crippen LogP contribution in [0.3, 0.4) is 0 Å². The van der Waals surface area contributed by atoms with Gasteiger partial charge in [-0.2, -0.15) is 10.2 Å². The second-order valence-electron chi connectivity index (χ2n) is 3.60. The van der Waals surface area contributed by atoms with Gasteiger partial charge in [-0.25, -0.2) is 10.8 Å². The van der Waals surface area contributed by atoms with Crippen LogP contribution in [0.4, 0.5) is 5.95 Å². The Morgan fingerprint density at radius 2 is 2.10 bits per heavy atom. The van der Waals surface area contributed by atoms with Gasteiger partial charge in [0.25, 0.3) is 0 Å². The molecular weight excluding hydrogens is 326 g/mol. The average Bonchev–Trinajstić information content (AvgIpc) is 2.49. The number of hydrazine groups is 1.